The topological polar surface area (TPSA) is 65.8 Å². The Bertz CT molecular complexity index is 1330. The first-order valence-electron chi connectivity index (χ1n) is 22.8. The summed E-state index contributed by atoms with van der Waals surface area (Å²) in [6, 6.07) is 9.86. The molecule has 2 N–H and O–H groups in total. The molecule has 0 amide bonds. The predicted octanol–water partition coefficient (Wildman–Crippen LogP) is 14.5. The molecular weight excluding hydrogens is 719 g/mol. The summed E-state index contributed by atoms with van der Waals surface area (Å²) in [7, 11) is 0. The van der Waals surface area contributed by atoms with Gasteiger partial charge in [0.1, 0.15) is 0 Å². The Hall–Kier alpha value is -2.07. The standard InChI is InChI=1S/C46H72N2.2C2H6O.Ni/c1-8-15-22-23-28-40-35-45(41-31-36(24-16-9-2)43(29-20-13-6)37(32-41)25-17-10-3)48(47)46(40)42-33-38(26-18-11-4)44(30-21-14-7)39(34-42)27-19-12-5;2*1-2-3;/h31-35H,8-30H2,1-7H3;2*3H,2H2,1H3;. The van der Waals surface area contributed by atoms with E-state index in [9.17, 15) is 5.53 Å². The van der Waals surface area contributed by atoms with Gasteiger partial charge in [0.05, 0.1) is 0 Å². The molecule has 0 aromatic heterocycles. The van der Waals surface area contributed by atoms with E-state index in [4.69, 9.17) is 10.2 Å². The number of hydrogen-bond acceptors (Lipinski definition) is 2. The molecule has 0 atom stereocenters. The maximum atomic E-state index is 12.3. The number of aryl methyl sites for hydroxylation is 4. The van der Waals surface area contributed by atoms with Crippen molar-refractivity contribution in [3.05, 3.63) is 86.0 Å². The maximum Gasteiger partial charge on any atom is 0.210 e. The third kappa shape index (κ3) is 18.4. The van der Waals surface area contributed by atoms with Crippen molar-refractivity contribution in [2.24, 2.45) is 0 Å². The second-order valence-corrected chi connectivity index (χ2v) is 15.3. The maximum absolute atomic E-state index is 12.3. The van der Waals surface area contributed by atoms with Crippen LogP contribution in [-0.4, -0.2) is 28.1 Å². The van der Waals surface area contributed by atoms with Crippen molar-refractivity contribution in [3.63, 3.8) is 0 Å². The molecule has 4 nitrogen and oxygen atoms in total. The molecule has 0 spiro atoms. The van der Waals surface area contributed by atoms with Crippen molar-refractivity contribution in [2.75, 3.05) is 13.2 Å². The Morgan fingerprint density at radius 3 is 1.11 bits per heavy atom. The van der Waals surface area contributed by atoms with Gasteiger partial charge < -0.3 is 15.7 Å². The Labute approximate surface area is 350 Å². The second-order valence-electron chi connectivity index (χ2n) is 15.3. The van der Waals surface area contributed by atoms with E-state index >= 15 is 0 Å². The number of aliphatic hydroxyl groups is 2. The molecule has 0 saturated heterocycles. The molecular formula is C50H84N2NiO2. The smallest absolute Gasteiger partial charge is 0.210 e. The molecule has 2 aromatic rings. The zero-order valence-electron chi connectivity index (χ0n) is 37.2. The molecule has 3 rings (SSSR count). The van der Waals surface area contributed by atoms with Gasteiger partial charge in [-0.1, -0.05) is 106 Å². The van der Waals surface area contributed by atoms with Crippen molar-refractivity contribution in [1.29, 1.82) is 0 Å². The van der Waals surface area contributed by atoms with Gasteiger partial charge in [0.2, 0.25) is 11.4 Å². The van der Waals surface area contributed by atoms with Gasteiger partial charge in [0, 0.05) is 52.5 Å². The monoisotopic (exact) mass is 803 g/mol. The minimum absolute atomic E-state index is 0. The SMILES string of the molecule is CCCCCCC1=C(c2cc(CCCC)c(CCCC)c(CCCC)c2)[N+](=[N-])C(c2cc(CCCC)c(CCCC)c(CCCC)c2)=C1.CCO.CCO.[Ni]. The second kappa shape index (κ2) is 33.0. The van der Waals surface area contributed by atoms with Gasteiger partial charge in [-0.3, -0.25) is 0 Å². The zero-order chi connectivity index (χ0) is 40.1. The molecule has 0 radical (unpaired) electrons. The third-order valence-corrected chi connectivity index (χ3v) is 10.6. The minimum atomic E-state index is 0. The molecule has 1 heterocycles. The van der Waals surface area contributed by atoms with Gasteiger partial charge in [0.15, 0.2) is 0 Å². The molecule has 316 valence electrons. The molecule has 1 aliphatic rings. The van der Waals surface area contributed by atoms with Crippen LogP contribution in [0.1, 0.15) is 216 Å². The molecule has 0 saturated carbocycles. The van der Waals surface area contributed by atoms with E-state index in [1.54, 1.807) is 29.7 Å². The Morgan fingerprint density at radius 1 is 0.436 bits per heavy atom. The van der Waals surface area contributed by atoms with Crippen LogP contribution in [-0.2, 0) is 55.0 Å². The normalized spacial score (nSPS) is 12.2. The molecule has 0 unspecified atom stereocenters. The van der Waals surface area contributed by atoms with E-state index in [0.29, 0.717) is 0 Å². The van der Waals surface area contributed by atoms with Crippen LogP contribution in [0.5, 0.6) is 0 Å². The van der Waals surface area contributed by atoms with Crippen LogP contribution in [0.15, 0.2) is 35.9 Å². The van der Waals surface area contributed by atoms with Crippen molar-refractivity contribution in [3.8, 4) is 0 Å². The molecule has 0 bridgehead atoms. The predicted molar refractivity (Wildman–Crippen MR) is 237 cm³/mol. The van der Waals surface area contributed by atoms with Crippen molar-refractivity contribution < 1.29 is 31.4 Å². The van der Waals surface area contributed by atoms with Gasteiger partial charge in [-0.2, -0.15) is 0 Å². The van der Waals surface area contributed by atoms with E-state index in [0.717, 1.165) is 43.5 Å². The van der Waals surface area contributed by atoms with E-state index in [2.05, 4.69) is 78.8 Å². The van der Waals surface area contributed by atoms with Crippen LogP contribution >= 0.6 is 0 Å². The van der Waals surface area contributed by atoms with E-state index in [1.807, 2.05) is 0 Å². The van der Waals surface area contributed by atoms with Crippen LogP contribution in [0.4, 0.5) is 0 Å². The number of allylic oxidation sites excluding steroid dienone is 2. The van der Waals surface area contributed by atoms with Crippen LogP contribution in [0.25, 0.3) is 16.9 Å². The van der Waals surface area contributed by atoms with E-state index < -0.39 is 0 Å². The summed E-state index contributed by atoms with van der Waals surface area (Å²) in [5, 5.41) is 15.1. The average molecular weight is 804 g/mol. The summed E-state index contributed by atoms with van der Waals surface area (Å²) >= 11 is 0. The van der Waals surface area contributed by atoms with Crippen LogP contribution < -0.4 is 0 Å². The van der Waals surface area contributed by atoms with Crippen LogP contribution in [0.3, 0.4) is 0 Å². The summed E-state index contributed by atoms with van der Waals surface area (Å²) in [6.07, 6.45) is 29.8. The number of hydrogen-bond donors (Lipinski definition) is 2. The molecule has 55 heavy (non-hydrogen) atoms. The summed E-state index contributed by atoms with van der Waals surface area (Å²) in [5.41, 5.74) is 27.4. The van der Waals surface area contributed by atoms with E-state index in [1.165, 1.54) is 155 Å². The molecule has 2 aromatic carbocycles. The van der Waals surface area contributed by atoms with Crippen molar-refractivity contribution >= 4 is 11.4 Å². The van der Waals surface area contributed by atoms with Gasteiger partial charge in [0.25, 0.3) is 0 Å². The quantitative estimate of drug-likeness (QED) is 0.0596. The van der Waals surface area contributed by atoms with Crippen LogP contribution in [0.2, 0.25) is 0 Å². The number of rotatable bonds is 25. The van der Waals surface area contributed by atoms with Gasteiger partial charge in [-0.25, -0.2) is 4.70 Å². The van der Waals surface area contributed by atoms with Gasteiger partial charge >= 0.3 is 0 Å². The van der Waals surface area contributed by atoms with Crippen molar-refractivity contribution in [1.82, 2.24) is 0 Å². The zero-order valence-corrected chi connectivity index (χ0v) is 38.2. The van der Waals surface area contributed by atoms with Crippen LogP contribution in [0, 0.1) is 0 Å². The number of benzene rings is 2. The Morgan fingerprint density at radius 2 is 0.764 bits per heavy atom. The Kier molecular flexibility index (Phi) is 31.7. The third-order valence-electron chi connectivity index (χ3n) is 10.6. The van der Waals surface area contributed by atoms with Gasteiger partial charge in [-0.15, -0.1) is 0 Å². The van der Waals surface area contributed by atoms with Gasteiger partial charge in [-0.05, 0) is 161 Å². The summed E-state index contributed by atoms with van der Waals surface area (Å²) in [5.74, 6) is 0. The first kappa shape index (κ1) is 52.9. The fourth-order valence-electron chi connectivity index (χ4n) is 7.59. The average Bonchev–Trinajstić information content (AvgIpc) is 3.50. The molecule has 1 aliphatic heterocycles. The number of nitrogens with zero attached hydrogens (tertiary/aromatic N) is 2. The number of aliphatic hydroxyl groups excluding tert-OH is 2. The number of unbranched alkanes of at least 4 members (excludes halogenated alkanes) is 9. The summed E-state index contributed by atoms with van der Waals surface area (Å²) in [4.78, 5) is 0. The largest absolute Gasteiger partial charge is 0.493 e. The fourth-order valence-corrected chi connectivity index (χ4v) is 7.59. The molecule has 5 heteroatoms. The minimum Gasteiger partial charge on any atom is -0.493 e. The molecule has 0 fully saturated rings. The van der Waals surface area contributed by atoms with E-state index in [-0.39, 0.29) is 29.7 Å². The fraction of sp³-hybridized carbons (Fsp3) is 0.680. The molecule has 0 aliphatic carbocycles. The first-order chi connectivity index (χ1) is 26.3. The first-order valence-corrected chi connectivity index (χ1v) is 22.8. The summed E-state index contributed by atoms with van der Waals surface area (Å²) in [6.45, 7) is 20.0. The Balaban J connectivity index is 0.00000390. The summed E-state index contributed by atoms with van der Waals surface area (Å²) < 4.78 is 1.61. The van der Waals surface area contributed by atoms with Crippen molar-refractivity contribution in [2.45, 2.75) is 210 Å².